The zero-order valence-corrected chi connectivity index (χ0v) is 11.2. The topological polar surface area (TPSA) is 46.2 Å². The SMILES string of the molecule is CC(C)Cc1ccc(/C=C2\SC(=O)NC2=O)cc1. The summed E-state index contributed by atoms with van der Waals surface area (Å²) < 4.78 is 0. The van der Waals surface area contributed by atoms with Crippen LogP contribution in [0, 0.1) is 5.92 Å². The lowest BCUT2D eigenvalue weighted by molar-refractivity contribution is -0.115. The molecule has 0 atom stereocenters. The molecule has 0 saturated carbocycles. The molecule has 2 rings (SSSR count). The van der Waals surface area contributed by atoms with E-state index < -0.39 is 0 Å². The zero-order valence-electron chi connectivity index (χ0n) is 10.4. The normalized spacial score (nSPS) is 17.6. The van der Waals surface area contributed by atoms with Gasteiger partial charge in [0.25, 0.3) is 11.1 Å². The van der Waals surface area contributed by atoms with Crippen molar-refractivity contribution in [3.63, 3.8) is 0 Å². The van der Waals surface area contributed by atoms with Crippen LogP contribution in [0.4, 0.5) is 4.79 Å². The van der Waals surface area contributed by atoms with Crippen LogP contribution in [0.2, 0.25) is 0 Å². The summed E-state index contributed by atoms with van der Waals surface area (Å²) in [4.78, 5) is 22.9. The Hall–Kier alpha value is -1.55. The second-order valence-corrected chi connectivity index (χ2v) is 5.71. The molecule has 0 unspecified atom stereocenters. The van der Waals surface area contributed by atoms with Crippen molar-refractivity contribution in [1.29, 1.82) is 0 Å². The standard InChI is InChI=1S/C14H15NO2S/c1-9(2)7-10-3-5-11(6-4-10)8-12-13(16)15-14(17)18-12/h3-6,8-9H,7H2,1-2H3,(H,15,16,17)/b12-8-. The van der Waals surface area contributed by atoms with Gasteiger partial charge in [-0.3, -0.25) is 14.9 Å². The molecule has 1 saturated heterocycles. The number of imide groups is 1. The lowest BCUT2D eigenvalue weighted by Gasteiger charge is -2.04. The summed E-state index contributed by atoms with van der Waals surface area (Å²) in [5, 5.41) is 1.94. The molecule has 2 amide bonds. The molecule has 0 spiro atoms. The van der Waals surface area contributed by atoms with Crippen molar-refractivity contribution < 1.29 is 9.59 Å². The van der Waals surface area contributed by atoms with E-state index in [2.05, 4.69) is 31.3 Å². The smallest absolute Gasteiger partial charge is 0.282 e. The molecule has 1 N–H and O–H groups in total. The van der Waals surface area contributed by atoms with E-state index in [-0.39, 0.29) is 11.1 Å². The minimum atomic E-state index is -0.309. The maximum absolute atomic E-state index is 11.4. The van der Waals surface area contributed by atoms with Gasteiger partial charge in [0.1, 0.15) is 0 Å². The Morgan fingerprint density at radius 1 is 1.22 bits per heavy atom. The van der Waals surface area contributed by atoms with Gasteiger partial charge in [-0.2, -0.15) is 0 Å². The molecule has 4 heteroatoms. The largest absolute Gasteiger partial charge is 0.290 e. The summed E-state index contributed by atoms with van der Waals surface area (Å²) in [5.41, 5.74) is 2.22. The second kappa shape index (κ2) is 5.40. The number of carbonyl (C=O) groups is 2. The first-order chi connectivity index (χ1) is 8.54. The third-order valence-electron chi connectivity index (χ3n) is 2.56. The maximum Gasteiger partial charge on any atom is 0.290 e. The van der Waals surface area contributed by atoms with E-state index in [1.54, 1.807) is 6.08 Å². The van der Waals surface area contributed by atoms with E-state index in [1.807, 2.05) is 12.1 Å². The number of thioether (sulfide) groups is 1. The van der Waals surface area contributed by atoms with Crippen molar-refractivity contribution in [1.82, 2.24) is 5.32 Å². The minimum absolute atomic E-state index is 0.303. The Balaban J connectivity index is 2.13. The van der Waals surface area contributed by atoms with Crippen LogP contribution >= 0.6 is 11.8 Å². The number of benzene rings is 1. The van der Waals surface area contributed by atoms with E-state index in [4.69, 9.17) is 0 Å². The van der Waals surface area contributed by atoms with Crippen LogP contribution in [0.15, 0.2) is 29.2 Å². The first-order valence-corrected chi connectivity index (χ1v) is 6.70. The summed E-state index contributed by atoms with van der Waals surface area (Å²) in [7, 11) is 0. The van der Waals surface area contributed by atoms with Crippen LogP contribution in [0.3, 0.4) is 0 Å². The molecule has 1 fully saturated rings. The van der Waals surface area contributed by atoms with Gasteiger partial charge in [-0.1, -0.05) is 38.1 Å². The van der Waals surface area contributed by atoms with E-state index in [1.165, 1.54) is 5.56 Å². The number of hydrogen-bond acceptors (Lipinski definition) is 3. The van der Waals surface area contributed by atoms with Gasteiger partial charge in [0, 0.05) is 0 Å². The summed E-state index contributed by atoms with van der Waals surface area (Å²) >= 11 is 0.945. The number of amides is 2. The van der Waals surface area contributed by atoms with Gasteiger partial charge < -0.3 is 0 Å². The van der Waals surface area contributed by atoms with Gasteiger partial charge in [-0.25, -0.2) is 0 Å². The van der Waals surface area contributed by atoms with Gasteiger partial charge in [-0.15, -0.1) is 0 Å². The van der Waals surface area contributed by atoms with Gasteiger partial charge in [-0.05, 0) is 41.3 Å². The average Bonchev–Trinajstić information content (AvgIpc) is 2.59. The molecule has 1 aromatic carbocycles. The average molecular weight is 261 g/mol. The molecule has 0 aromatic heterocycles. The number of rotatable bonds is 3. The fourth-order valence-corrected chi connectivity index (χ4v) is 2.48. The number of hydrogen-bond donors (Lipinski definition) is 1. The van der Waals surface area contributed by atoms with Crippen LogP contribution in [0.1, 0.15) is 25.0 Å². The molecule has 0 radical (unpaired) electrons. The Bertz CT molecular complexity index is 503. The van der Waals surface area contributed by atoms with Gasteiger partial charge in [0.2, 0.25) is 0 Å². The highest BCUT2D eigenvalue weighted by Gasteiger charge is 2.24. The molecule has 0 aliphatic carbocycles. The number of nitrogens with one attached hydrogen (secondary N) is 1. The van der Waals surface area contributed by atoms with E-state index >= 15 is 0 Å². The molecular formula is C14H15NO2S. The van der Waals surface area contributed by atoms with E-state index in [0.29, 0.717) is 10.8 Å². The highest BCUT2D eigenvalue weighted by atomic mass is 32.2. The monoisotopic (exact) mass is 261 g/mol. The van der Waals surface area contributed by atoms with Gasteiger partial charge in [0.05, 0.1) is 4.91 Å². The highest BCUT2D eigenvalue weighted by molar-refractivity contribution is 8.18. The Labute approximate surface area is 111 Å². The van der Waals surface area contributed by atoms with Crippen LogP contribution in [-0.4, -0.2) is 11.1 Å². The van der Waals surface area contributed by atoms with Crippen LogP contribution in [-0.2, 0) is 11.2 Å². The Morgan fingerprint density at radius 3 is 2.39 bits per heavy atom. The molecule has 1 aliphatic rings. The first kappa shape index (κ1) is 12.9. The van der Waals surface area contributed by atoms with E-state index in [9.17, 15) is 9.59 Å². The van der Waals surface area contributed by atoms with Crippen LogP contribution < -0.4 is 5.32 Å². The lowest BCUT2D eigenvalue weighted by atomic mass is 10.0. The zero-order chi connectivity index (χ0) is 13.1. The molecule has 1 heterocycles. The minimum Gasteiger partial charge on any atom is -0.282 e. The number of carbonyl (C=O) groups excluding carboxylic acids is 2. The van der Waals surface area contributed by atoms with Gasteiger partial charge >= 0.3 is 0 Å². The summed E-state index contributed by atoms with van der Waals surface area (Å²) in [6.07, 6.45) is 2.79. The third-order valence-corrected chi connectivity index (χ3v) is 3.37. The van der Waals surface area contributed by atoms with Crippen molar-refractivity contribution in [2.45, 2.75) is 20.3 Å². The quantitative estimate of drug-likeness (QED) is 0.850. The molecule has 1 aromatic rings. The fourth-order valence-electron chi connectivity index (χ4n) is 1.79. The molecular weight excluding hydrogens is 246 g/mol. The molecule has 3 nitrogen and oxygen atoms in total. The molecule has 94 valence electrons. The molecule has 18 heavy (non-hydrogen) atoms. The maximum atomic E-state index is 11.4. The third kappa shape index (κ3) is 3.23. The summed E-state index contributed by atoms with van der Waals surface area (Å²) in [5.74, 6) is 0.319. The Morgan fingerprint density at radius 2 is 1.89 bits per heavy atom. The Kier molecular flexibility index (Phi) is 3.87. The predicted molar refractivity (Wildman–Crippen MR) is 74.1 cm³/mol. The molecule has 1 aliphatic heterocycles. The first-order valence-electron chi connectivity index (χ1n) is 5.88. The van der Waals surface area contributed by atoms with E-state index in [0.717, 1.165) is 23.7 Å². The van der Waals surface area contributed by atoms with Crippen molar-refractivity contribution in [3.8, 4) is 0 Å². The van der Waals surface area contributed by atoms with Gasteiger partial charge in [0.15, 0.2) is 0 Å². The van der Waals surface area contributed by atoms with Crippen molar-refractivity contribution >= 4 is 29.0 Å². The van der Waals surface area contributed by atoms with Crippen LogP contribution in [0.5, 0.6) is 0 Å². The fraction of sp³-hybridized carbons (Fsp3) is 0.286. The highest BCUT2D eigenvalue weighted by Crippen LogP contribution is 2.25. The lowest BCUT2D eigenvalue weighted by Crippen LogP contribution is -2.17. The van der Waals surface area contributed by atoms with Crippen LogP contribution in [0.25, 0.3) is 6.08 Å². The predicted octanol–water partition coefficient (Wildman–Crippen LogP) is 3.21. The molecule has 0 bridgehead atoms. The summed E-state index contributed by atoms with van der Waals surface area (Å²) in [6.45, 7) is 4.36. The van der Waals surface area contributed by atoms with Crippen molar-refractivity contribution in [2.75, 3.05) is 0 Å². The second-order valence-electron chi connectivity index (χ2n) is 4.69. The van der Waals surface area contributed by atoms with Crippen molar-refractivity contribution in [3.05, 3.63) is 40.3 Å². The van der Waals surface area contributed by atoms with Crippen molar-refractivity contribution in [2.24, 2.45) is 5.92 Å². The summed E-state index contributed by atoms with van der Waals surface area (Å²) in [6, 6.07) is 8.07.